The summed E-state index contributed by atoms with van der Waals surface area (Å²) in [7, 11) is 0. The maximum absolute atomic E-state index is 12.7. The third kappa shape index (κ3) is 5.13. The largest absolute Gasteiger partial charge is 0.340 e. The molecule has 158 valence electrons. The molecule has 0 unspecified atom stereocenters. The minimum absolute atomic E-state index is 0.167. The molecular formula is C23H25N7O. The van der Waals surface area contributed by atoms with Crippen molar-refractivity contribution in [2.75, 3.05) is 32.7 Å². The zero-order valence-corrected chi connectivity index (χ0v) is 17.6. The fourth-order valence-electron chi connectivity index (χ4n) is 3.84. The van der Waals surface area contributed by atoms with Crippen molar-refractivity contribution in [3.05, 3.63) is 76.9 Å². The van der Waals surface area contributed by atoms with E-state index in [9.17, 15) is 4.79 Å². The topological polar surface area (TPSA) is 71.5 Å². The second-order valence-electron chi connectivity index (χ2n) is 7.80. The molecule has 1 saturated heterocycles. The van der Waals surface area contributed by atoms with Crippen molar-refractivity contribution in [2.45, 2.75) is 19.8 Å². The van der Waals surface area contributed by atoms with Crippen LogP contribution in [0.15, 0.2) is 48.8 Å². The van der Waals surface area contributed by atoms with Crippen molar-refractivity contribution in [2.24, 2.45) is 0 Å². The Bertz CT molecular complexity index is 1060. The Morgan fingerprint density at radius 2 is 1.81 bits per heavy atom. The average Bonchev–Trinajstić information content (AvgIpc) is 3.33. The summed E-state index contributed by atoms with van der Waals surface area (Å²) in [4.78, 5) is 20.6. The number of nitrogens with zero attached hydrogens (tertiary/aromatic N) is 7. The van der Waals surface area contributed by atoms with Crippen LogP contribution in [0.2, 0.25) is 0 Å². The highest BCUT2D eigenvalue weighted by atomic mass is 16.2. The molecule has 0 saturated carbocycles. The summed E-state index contributed by atoms with van der Waals surface area (Å²) in [5.41, 5.74) is 4.87. The number of carbonyl (C=O) groups is 1. The molecule has 0 radical (unpaired) electrons. The molecule has 4 rings (SSSR count). The Labute approximate surface area is 181 Å². The van der Waals surface area contributed by atoms with Crippen LogP contribution in [0.5, 0.6) is 0 Å². The number of rotatable bonds is 6. The van der Waals surface area contributed by atoms with Gasteiger partial charge in [-0.1, -0.05) is 30.3 Å². The van der Waals surface area contributed by atoms with Crippen molar-refractivity contribution in [3.63, 3.8) is 0 Å². The number of aryl methyl sites for hydroxylation is 1. The summed E-state index contributed by atoms with van der Waals surface area (Å²) < 4.78 is 1.59. The summed E-state index contributed by atoms with van der Waals surface area (Å²) in [6, 6.07) is 13.8. The van der Waals surface area contributed by atoms with Gasteiger partial charge >= 0.3 is 0 Å². The molecule has 2 aromatic carbocycles. The monoisotopic (exact) mass is 415 g/mol. The van der Waals surface area contributed by atoms with Crippen LogP contribution in [0.3, 0.4) is 0 Å². The molecule has 1 amide bonds. The lowest BCUT2D eigenvalue weighted by atomic mass is 10.1. The van der Waals surface area contributed by atoms with Gasteiger partial charge in [-0.3, -0.25) is 9.69 Å². The molecule has 1 aliphatic rings. The van der Waals surface area contributed by atoms with Crippen LogP contribution in [0.1, 0.15) is 16.7 Å². The SMILES string of the molecule is [C-]#[N+]c1ccc(CCN2CCN(C(=O)Cc3ccc(-n4cnnn4)cc3)CC2)cc1C. The Morgan fingerprint density at radius 1 is 1.06 bits per heavy atom. The second-order valence-corrected chi connectivity index (χ2v) is 7.80. The Balaban J connectivity index is 1.23. The van der Waals surface area contributed by atoms with E-state index in [4.69, 9.17) is 6.57 Å². The van der Waals surface area contributed by atoms with Crippen LogP contribution in [0.25, 0.3) is 10.5 Å². The van der Waals surface area contributed by atoms with Crippen molar-refractivity contribution in [3.8, 4) is 5.69 Å². The molecule has 0 spiro atoms. The standard InChI is InChI=1S/C23H25N7O/c1-18-15-20(5-8-22(18)24-2)9-10-28-11-13-29(14-12-28)23(31)16-19-3-6-21(7-4-19)30-17-25-26-27-30/h3-8,15,17H,9-14,16H2,1H3. The predicted molar refractivity (Wildman–Crippen MR) is 117 cm³/mol. The van der Waals surface area contributed by atoms with E-state index in [1.54, 1.807) is 11.0 Å². The molecule has 2 heterocycles. The lowest BCUT2D eigenvalue weighted by Crippen LogP contribution is -2.49. The summed E-state index contributed by atoms with van der Waals surface area (Å²) in [5, 5.41) is 11.1. The van der Waals surface area contributed by atoms with Crippen LogP contribution in [-0.2, 0) is 17.6 Å². The number of hydrogen-bond acceptors (Lipinski definition) is 5. The molecule has 8 nitrogen and oxygen atoms in total. The zero-order chi connectivity index (χ0) is 21.6. The first-order valence-corrected chi connectivity index (χ1v) is 10.4. The molecule has 0 N–H and O–H groups in total. The van der Waals surface area contributed by atoms with Gasteiger partial charge in [0.05, 0.1) is 18.7 Å². The number of amides is 1. The second kappa shape index (κ2) is 9.49. The highest BCUT2D eigenvalue weighted by molar-refractivity contribution is 5.79. The first kappa shape index (κ1) is 20.7. The van der Waals surface area contributed by atoms with Gasteiger partial charge in [0.2, 0.25) is 5.91 Å². The van der Waals surface area contributed by atoms with Crippen LogP contribution < -0.4 is 0 Å². The minimum atomic E-state index is 0.167. The molecule has 1 aliphatic heterocycles. The third-order valence-electron chi connectivity index (χ3n) is 5.73. The first-order valence-electron chi connectivity index (χ1n) is 10.4. The van der Waals surface area contributed by atoms with E-state index in [2.05, 4.69) is 31.3 Å². The minimum Gasteiger partial charge on any atom is -0.340 e. The lowest BCUT2D eigenvalue weighted by molar-refractivity contribution is -0.132. The van der Waals surface area contributed by atoms with Crippen molar-refractivity contribution in [1.82, 2.24) is 30.0 Å². The van der Waals surface area contributed by atoms with Gasteiger partial charge in [0.15, 0.2) is 5.69 Å². The molecule has 31 heavy (non-hydrogen) atoms. The fraction of sp³-hybridized carbons (Fsp3) is 0.348. The van der Waals surface area contributed by atoms with Gasteiger partial charge in [0.25, 0.3) is 0 Å². The Hall–Kier alpha value is -3.57. The van der Waals surface area contributed by atoms with E-state index in [-0.39, 0.29) is 5.91 Å². The van der Waals surface area contributed by atoms with E-state index in [1.807, 2.05) is 48.2 Å². The first-order chi connectivity index (χ1) is 15.1. The number of piperazine rings is 1. The summed E-state index contributed by atoms with van der Waals surface area (Å²) in [6.07, 6.45) is 2.91. The van der Waals surface area contributed by atoms with E-state index in [0.717, 1.165) is 61.6 Å². The third-order valence-corrected chi connectivity index (χ3v) is 5.73. The van der Waals surface area contributed by atoms with Crippen LogP contribution in [0.4, 0.5) is 5.69 Å². The summed E-state index contributed by atoms with van der Waals surface area (Å²) in [5.74, 6) is 0.167. The normalized spacial score (nSPS) is 14.4. The van der Waals surface area contributed by atoms with Crippen molar-refractivity contribution < 1.29 is 4.79 Å². The van der Waals surface area contributed by atoms with Crippen molar-refractivity contribution in [1.29, 1.82) is 0 Å². The molecule has 0 bridgehead atoms. The summed E-state index contributed by atoms with van der Waals surface area (Å²) >= 11 is 0. The molecular weight excluding hydrogens is 390 g/mol. The van der Waals surface area contributed by atoms with Crippen LogP contribution in [-0.4, -0.2) is 68.6 Å². The maximum Gasteiger partial charge on any atom is 0.227 e. The number of hydrogen-bond donors (Lipinski definition) is 0. The van der Waals surface area contributed by atoms with Gasteiger partial charge in [-0.15, -0.1) is 5.10 Å². The number of benzene rings is 2. The summed E-state index contributed by atoms with van der Waals surface area (Å²) in [6.45, 7) is 13.4. The molecule has 8 heteroatoms. The van der Waals surface area contributed by atoms with Gasteiger partial charge in [-0.2, -0.15) is 0 Å². The Morgan fingerprint density at radius 3 is 2.45 bits per heavy atom. The number of tetrazole rings is 1. The van der Waals surface area contributed by atoms with Gasteiger partial charge in [-0.25, -0.2) is 9.53 Å². The van der Waals surface area contributed by atoms with E-state index < -0.39 is 0 Å². The average molecular weight is 416 g/mol. The number of aromatic nitrogens is 4. The smallest absolute Gasteiger partial charge is 0.227 e. The van der Waals surface area contributed by atoms with Gasteiger partial charge < -0.3 is 4.90 Å². The van der Waals surface area contributed by atoms with Crippen LogP contribution >= 0.6 is 0 Å². The zero-order valence-electron chi connectivity index (χ0n) is 17.6. The maximum atomic E-state index is 12.7. The molecule has 0 aliphatic carbocycles. The fourth-order valence-corrected chi connectivity index (χ4v) is 3.84. The predicted octanol–water partition coefficient (Wildman–Crippen LogP) is 2.45. The van der Waals surface area contributed by atoms with E-state index in [1.165, 1.54) is 5.56 Å². The van der Waals surface area contributed by atoms with E-state index in [0.29, 0.717) is 6.42 Å². The molecule has 3 aromatic rings. The highest BCUT2D eigenvalue weighted by Gasteiger charge is 2.21. The van der Waals surface area contributed by atoms with E-state index >= 15 is 0 Å². The van der Waals surface area contributed by atoms with Gasteiger partial charge in [-0.05, 0) is 52.6 Å². The molecule has 1 aromatic heterocycles. The quantitative estimate of drug-likeness (QED) is 0.579. The Kier molecular flexibility index (Phi) is 6.34. The van der Waals surface area contributed by atoms with Crippen molar-refractivity contribution >= 4 is 11.6 Å². The molecule has 1 fully saturated rings. The number of carbonyl (C=O) groups excluding carboxylic acids is 1. The van der Waals surface area contributed by atoms with Gasteiger partial charge in [0.1, 0.15) is 6.33 Å². The highest BCUT2D eigenvalue weighted by Crippen LogP contribution is 2.20. The molecule has 0 atom stereocenters. The van der Waals surface area contributed by atoms with Gasteiger partial charge in [0, 0.05) is 32.7 Å². The van der Waals surface area contributed by atoms with Crippen LogP contribution in [0, 0.1) is 13.5 Å². The lowest BCUT2D eigenvalue weighted by Gasteiger charge is -2.35.